The van der Waals surface area contributed by atoms with Gasteiger partial charge in [0.25, 0.3) is 5.91 Å². The van der Waals surface area contributed by atoms with Crippen LogP contribution >= 0.6 is 11.3 Å². The molecule has 3 aromatic rings. The number of hydrogen-bond donors (Lipinski definition) is 0. The van der Waals surface area contributed by atoms with Crippen molar-refractivity contribution in [3.8, 4) is 12.3 Å². The van der Waals surface area contributed by atoms with Crippen molar-refractivity contribution in [2.75, 3.05) is 0 Å². The third-order valence-corrected chi connectivity index (χ3v) is 4.50. The van der Waals surface area contributed by atoms with Crippen molar-refractivity contribution in [1.29, 1.82) is 0 Å². The highest BCUT2D eigenvalue weighted by Gasteiger charge is 2.13. The summed E-state index contributed by atoms with van der Waals surface area (Å²) in [4.78, 5) is 16.8. The first-order valence-electron chi connectivity index (χ1n) is 7.36. The molecule has 2 heterocycles. The Labute approximate surface area is 142 Å². The summed E-state index contributed by atoms with van der Waals surface area (Å²) in [5.74, 6) is 1.60. The van der Waals surface area contributed by atoms with Crippen LogP contribution in [-0.2, 0) is 6.54 Å². The molecule has 3 rings (SSSR count). The Morgan fingerprint density at radius 2 is 2.25 bits per heavy atom. The van der Waals surface area contributed by atoms with Crippen molar-refractivity contribution in [3.05, 3.63) is 46.8 Å². The van der Waals surface area contributed by atoms with Crippen molar-refractivity contribution in [3.63, 3.8) is 0 Å². The molecule has 0 radical (unpaired) electrons. The van der Waals surface area contributed by atoms with Crippen LogP contribution in [0.3, 0.4) is 0 Å². The van der Waals surface area contributed by atoms with Crippen LogP contribution < -0.4 is 4.80 Å². The number of carbonyl (C=O) groups excluding carboxylic acids is 1. The minimum atomic E-state index is -0.480. The second kappa shape index (κ2) is 6.42. The standard InChI is InChI=1S/C17H15FN4OS/c1-4-9-21-15-12(18)6-5-7-14(15)24-17(21)19-16(23)13-8-10-22(20-13)11(2)3/h1,5-8,10-11H,9H2,2-3H3. The fraction of sp³-hybridized carbons (Fsp3) is 0.235. The monoisotopic (exact) mass is 342 g/mol. The van der Waals surface area contributed by atoms with E-state index in [4.69, 9.17) is 6.42 Å². The lowest BCUT2D eigenvalue weighted by atomic mass is 10.3. The third kappa shape index (κ3) is 2.88. The largest absolute Gasteiger partial charge is 0.302 e. The number of amides is 1. The number of hydrogen-bond acceptors (Lipinski definition) is 3. The molecule has 0 bridgehead atoms. The zero-order valence-electron chi connectivity index (χ0n) is 13.2. The van der Waals surface area contributed by atoms with E-state index in [9.17, 15) is 9.18 Å². The van der Waals surface area contributed by atoms with Gasteiger partial charge in [-0.3, -0.25) is 9.48 Å². The van der Waals surface area contributed by atoms with Gasteiger partial charge in [0.05, 0.1) is 16.8 Å². The number of nitrogens with zero attached hydrogens (tertiary/aromatic N) is 4. The number of rotatable bonds is 3. The molecule has 0 atom stereocenters. The zero-order valence-corrected chi connectivity index (χ0v) is 14.0. The van der Waals surface area contributed by atoms with Crippen molar-refractivity contribution >= 4 is 27.5 Å². The second-order valence-corrected chi connectivity index (χ2v) is 6.46. The van der Waals surface area contributed by atoms with Crippen molar-refractivity contribution < 1.29 is 9.18 Å². The topological polar surface area (TPSA) is 52.2 Å². The average molecular weight is 342 g/mol. The second-order valence-electron chi connectivity index (χ2n) is 5.45. The molecule has 0 N–H and O–H groups in total. The van der Waals surface area contributed by atoms with Gasteiger partial charge in [-0.05, 0) is 32.0 Å². The molecule has 0 spiro atoms. The lowest BCUT2D eigenvalue weighted by Crippen LogP contribution is -2.17. The maximum absolute atomic E-state index is 14.1. The summed E-state index contributed by atoms with van der Waals surface area (Å²) in [6.07, 6.45) is 7.11. The van der Waals surface area contributed by atoms with E-state index < -0.39 is 11.7 Å². The normalized spacial score (nSPS) is 12.0. The first kappa shape index (κ1) is 16.1. The summed E-state index contributed by atoms with van der Waals surface area (Å²) < 4.78 is 18.0. The van der Waals surface area contributed by atoms with Crippen molar-refractivity contribution in [2.24, 2.45) is 4.99 Å². The summed E-state index contributed by atoms with van der Waals surface area (Å²) in [5, 5.41) is 4.21. The van der Waals surface area contributed by atoms with Crippen molar-refractivity contribution in [1.82, 2.24) is 14.3 Å². The van der Waals surface area contributed by atoms with E-state index in [1.165, 1.54) is 22.0 Å². The van der Waals surface area contributed by atoms with Gasteiger partial charge >= 0.3 is 0 Å². The highest BCUT2D eigenvalue weighted by molar-refractivity contribution is 7.16. The van der Waals surface area contributed by atoms with Gasteiger partial charge in [0.15, 0.2) is 10.5 Å². The van der Waals surface area contributed by atoms with Gasteiger partial charge in [-0.15, -0.1) is 6.42 Å². The Kier molecular flexibility index (Phi) is 4.32. The van der Waals surface area contributed by atoms with Crippen LogP contribution in [0.2, 0.25) is 0 Å². The van der Waals surface area contributed by atoms with Gasteiger partial charge in [-0.25, -0.2) is 4.39 Å². The number of terminal acetylenes is 1. The molecule has 7 heteroatoms. The van der Waals surface area contributed by atoms with Crippen LogP contribution in [0.5, 0.6) is 0 Å². The number of carbonyl (C=O) groups is 1. The quantitative estimate of drug-likeness (QED) is 0.687. The molecule has 24 heavy (non-hydrogen) atoms. The molecule has 0 aliphatic rings. The molecule has 0 unspecified atom stereocenters. The molecular weight excluding hydrogens is 327 g/mol. The number of fused-ring (bicyclic) bond motifs is 1. The van der Waals surface area contributed by atoms with Gasteiger partial charge in [0, 0.05) is 12.2 Å². The lowest BCUT2D eigenvalue weighted by molar-refractivity contribution is 0.0992. The minimum absolute atomic E-state index is 0.132. The van der Waals surface area contributed by atoms with E-state index in [0.717, 1.165) is 0 Å². The number of thiazole rings is 1. The molecule has 0 saturated carbocycles. The Hall–Kier alpha value is -2.72. The van der Waals surface area contributed by atoms with Crippen LogP contribution in [-0.4, -0.2) is 20.3 Å². The molecule has 2 aromatic heterocycles. The van der Waals surface area contributed by atoms with Crippen LogP contribution in [0.25, 0.3) is 10.2 Å². The maximum atomic E-state index is 14.1. The summed E-state index contributed by atoms with van der Waals surface area (Å²) in [6.45, 7) is 4.07. The average Bonchev–Trinajstić information content (AvgIpc) is 3.14. The molecule has 0 aliphatic heterocycles. The van der Waals surface area contributed by atoms with Gasteiger partial charge in [-0.2, -0.15) is 10.1 Å². The fourth-order valence-electron chi connectivity index (χ4n) is 2.29. The molecule has 0 aliphatic carbocycles. The van der Waals surface area contributed by atoms with E-state index in [1.54, 1.807) is 29.1 Å². The van der Waals surface area contributed by atoms with E-state index in [0.29, 0.717) is 15.0 Å². The third-order valence-electron chi connectivity index (χ3n) is 3.45. The first-order chi connectivity index (χ1) is 11.5. The van der Waals surface area contributed by atoms with Gasteiger partial charge < -0.3 is 4.57 Å². The fourth-order valence-corrected chi connectivity index (χ4v) is 3.34. The summed E-state index contributed by atoms with van der Waals surface area (Å²) in [6, 6.07) is 6.51. The van der Waals surface area contributed by atoms with Crippen LogP contribution in [0.4, 0.5) is 4.39 Å². The van der Waals surface area contributed by atoms with Gasteiger partial charge in [-0.1, -0.05) is 23.3 Å². The van der Waals surface area contributed by atoms with Crippen molar-refractivity contribution in [2.45, 2.75) is 26.4 Å². The maximum Gasteiger partial charge on any atom is 0.300 e. The molecule has 5 nitrogen and oxygen atoms in total. The lowest BCUT2D eigenvalue weighted by Gasteiger charge is -2.02. The SMILES string of the molecule is C#CCn1c(=NC(=O)c2ccn(C(C)C)n2)sc2cccc(F)c21. The van der Waals surface area contributed by atoms with E-state index in [1.807, 2.05) is 13.8 Å². The van der Waals surface area contributed by atoms with Gasteiger partial charge in [0.1, 0.15) is 5.82 Å². The highest BCUT2D eigenvalue weighted by atomic mass is 32.1. The number of benzene rings is 1. The molecule has 1 amide bonds. The predicted octanol–water partition coefficient (Wildman–Crippen LogP) is 2.99. The summed E-state index contributed by atoms with van der Waals surface area (Å²) >= 11 is 1.22. The molecule has 0 fully saturated rings. The van der Waals surface area contributed by atoms with Crippen LogP contribution in [0.15, 0.2) is 35.5 Å². The number of para-hydroxylation sites is 1. The highest BCUT2D eigenvalue weighted by Crippen LogP contribution is 2.20. The van der Waals surface area contributed by atoms with E-state index >= 15 is 0 Å². The Morgan fingerprint density at radius 3 is 2.92 bits per heavy atom. The van der Waals surface area contributed by atoms with Gasteiger partial charge in [0.2, 0.25) is 0 Å². The van der Waals surface area contributed by atoms with Crippen LogP contribution in [0.1, 0.15) is 30.4 Å². The van der Waals surface area contributed by atoms with E-state index in [2.05, 4.69) is 16.0 Å². The Morgan fingerprint density at radius 1 is 1.46 bits per heavy atom. The first-order valence-corrected chi connectivity index (χ1v) is 8.18. The number of aromatic nitrogens is 3. The number of halogens is 1. The minimum Gasteiger partial charge on any atom is -0.302 e. The Balaban J connectivity index is 2.12. The predicted molar refractivity (Wildman–Crippen MR) is 91.1 cm³/mol. The molecular formula is C17H15FN4OS. The smallest absolute Gasteiger partial charge is 0.300 e. The summed E-state index contributed by atoms with van der Waals surface area (Å²) in [7, 11) is 0. The molecule has 122 valence electrons. The summed E-state index contributed by atoms with van der Waals surface area (Å²) in [5.41, 5.74) is 0.605. The molecule has 1 aromatic carbocycles. The van der Waals surface area contributed by atoms with E-state index in [-0.39, 0.29) is 18.3 Å². The molecule has 0 saturated heterocycles. The van der Waals surface area contributed by atoms with Crippen LogP contribution in [0, 0.1) is 18.2 Å². The zero-order chi connectivity index (χ0) is 17.3. The Bertz CT molecular complexity index is 1020.